The van der Waals surface area contributed by atoms with Crippen molar-refractivity contribution >= 4 is 44.6 Å². The summed E-state index contributed by atoms with van der Waals surface area (Å²) in [7, 11) is -2.97. The summed E-state index contributed by atoms with van der Waals surface area (Å²) in [5.74, 6) is -0.0810. The molecule has 146 valence electrons. The number of carbonyl (C=O) groups excluding carboxylic acids is 1. The van der Waals surface area contributed by atoms with Gasteiger partial charge in [-0.25, -0.2) is 13.8 Å². The first kappa shape index (κ1) is 19.0. The van der Waals surface area contributed by atoms with E-state index >= 15 is 0 Å². The molecular weight excluding hydrogens is 394 g/mol. The van der Waals surface area contributed by atoms with Gasteiger partial charge in [-0.3, -0.25) is 4.79 Å². The highest BCUT2D eigenvalue weighted by Gasteiger charge is 2.29. The van der Waals surface area contributed by atoms with Gasteiger partial charge >= 0.3 is 0 Å². The number of fused-ring (bicyclic) bond motifs is 2. The predicted octanol–water partition coefficient (Wildman–Crippen LogP) is 3.56. The van der Waals surface area contributed by atoms with Crippen molar-refractivity contribution in [2.24, 2.45) is 11.0 Å². The molecule has 0 saturated carbocycles. The molecule has 0 aliphatic carbocycles. The minimum atomic E-state index is -2.97. The van der Waals surface area contributed by atoms with Crippen LogP contribution in [-0.4, -0.2) is 31.5 Å². The SMILES string of the molecule is C/C(=N/NC(=O)C[C@@H]1CCS(=O)(=O)C1)c1ccc2c(c1)Nc1ccccc1S2. The third kappa shape index (κ3) is 4.23. The largest absolute Gasteiger partial charge is 0.354 e. The molecule has 1 atom stereocenters. The maximum atomic E-state index is 12.1. The molecule has 0 unspecified atom stereocenters. The van der Waals surface area contributed by atoms with Gasteiger partial charge in [0.05, 0.1) is 28.6 Å². The molecular formula is C20H21N3O3S2. The molecule has 8 heteroatoms. The fraction of sp³-hybridized carbons (Fsp3) is 0.300. The Labute approximate surface area is 168 Å². The number of amides is 1. The number of benzene rings is 2. The molecule has 28 heavy (non-hydrogen) atoms. The van der Waals surface area contributed by atoms with Crippen LogP contribution in [0, 0.1) is 5.92 Å². The number of rotatable bonds is 4. The summed E-state index contributed by atoms with van der Waals surface area (Å²) in [5.41, 5.74) is 6.25. The van der Waals surface area contributed by atoms with Crippen LogP contribution in [-0.2, 0) is 14.6 Å². The van der Waals surface area contributed by atoms with Crippen LogP contribution in [0.15, 0.2) is 57.4 Å². The van der Waals surface area contributed by atoms with E-state index in [2.05, 4.69) is 21.9 Å². The summed E-state index contributed by atoms with van der Waals surface area (Å²) in [6, 6.07) is 14.2. The number of hydrogen-bond donors (Lipinski definition) is 2. The van der Waals surface area contributed by atoms with Crippen LogP contribution in [0.4, 0.5) is 11.4 Å². The van der Waals surface area contributed by atoms with Crippen LogP contribution in [0.3, 0.4) is 0 Å². The summed E-state index contributed by atoms with van der Waals surface area (Å²) in [6.07, 6.45) is 0.739. The Bertz CT molecular complexity index is 1060. The van der Waals surface area contributed by atoms with Crippen molar-refractivity contribution in [3.05, 3.63) is 48.0 Å². The lowest BCUT2D eigenvalue weighted by molar-refractivity contribution is -0.121. The highest BCUT2D eigenvalue weighted by molar-refractivity contribution is 7.99. The van der Waals surface area contributed by atoms with Crippen molar-refractivity contribution in [1.29, 1.82) is 0 Å². The number of carbonyl (C=O) groups is 1. The standard InChI is InChI=1S/C20H21N3O3S2/c1-13(22-23-20(24)10-14-8-9-28(25,26)12-14)15-6-7-19-17(11-15)21-16-4-2-3-5-18(16)27-19/h2-7,11,14,21H,8-10,12H2,1H3,(H,23,24)/b22-13-/t14-/m0/s1. The van der Waals surface area contributed by atoms with Crippen molar-refractivity contribution in [3.63, 3.8) is 0 Å². The molecule has 1 saturated heterocycles. The van der Waals surface area contributed by atoms with Gasteiger partial charge in [0.25, 0.3) is 0 Å². The number of para-hydroxylation sites is 1. The van der Waals surface area contributed by atoms with E-state index in [0.717, 1.165) is 21.8 Å². The van der Waals surface area contributed by atoms with Gasteiger partial charge in [-0.2, -0.15) is 5.10 Å². The van der Waals surface area contributed by atoms with Gasteiger partial charge in [-0.1, -0.05) is 30.0 Å². The average molecular weight is 416 g/mol. The van der Waals surface area contributed by atoms with Gasteiger partial charge in [0.2, 0.25) is 5.91 Å². The molecule has 0 spiro atoms. The van der Waals surface area contributed by atoms with Crippen molar-refractivity contribution < 1.29 is 13.2 Å². The molecule has 2 N–H and O–H groups in total. The lowest BCUT2D eigenvalue weighted by Crippen LogP contribution is -2.22. The number of nitrogens with one attached hydrogen (secondary N) is 2. The number of sulfone groups is 1. The minimum absolute atomic E-state index is 0.0960. The van der Waals surface area contributed by atoms with Gasteiger partial charge in [0.15, 0.2) is 9.84 Å². The van der Waals surface area contributed by atoms with E-state index in [1.54, 1.807) is 11.8 Å². The van der Waals surface area contributed by atoms with Gasteiger partial charge in [0, 0.05) is 16.2 Å². The Morgan fingerprint density at radius 1 is 1.21 bits per heavy atom. The second kappa shape index (κ2) is 7.60. The Morgan fingerprint density at radius 3 is 2.79 bits per heavy atom. The zero-order valence-corrected chi connectivity index (χ0v) is 17.1. The number of anilines is 2. The topological polar surface area (TPSA) is 87.6 Å². The molecule has 2 aromatic rings. The predicted molar refractivity (Wildman–Crippen MR) is 112 cm³/mol. The lowest BCUT2D eigenvalue weighted by atomic mass is 10.1. The first-order valence-electron chi connectivity index (χ1n) is 9.11. The Kier molecular flexibility index (Phi) is 5.16. The molecule has 0 aromatic heterocycles. The van der Waals surface area contributed by atoms with Crippen LogP contribution >= 0.6 is 11.8 Å². The lowest BCUT2D eigenvalue weighted by Gasteiger charge is -2.21. The van der Waals surface area contributed by atoms with E-state index in [4.69, 9.17) is 0 Å². The van der Waals surface area contributed by atoms with E-state index in [0.29, 0.717) is 12.1 Å². The molecule has 2 heterocycles. The molecule has 0 bridgehead atoms. The number of hydrogen-bond acceptors (Lipinski definition) is 6. The van der Waals surface area contributed by atoms with E-state index in [-0.39, 0.29) is 29.8 Å². The summed E-state index contributed by atoms with van der Waals surface area (Å²) in [6.45, 7) is 1.84. The van der Waals surface area contributed by atoms with Gasteiger partial charge in [0.1, 0.15) is 0 Å². The molecule has 6 nitrogen and oxygen atoms in total. The number of hydrazone groups is 1. The fourth-order valence-corrected chi connectivity index (χ4v) is 6.25. The van der Waals surface area contributed by atoms with Crippen LogP contribution < -0.4 is 10.7 Å². The highest BCUT2D eigenvalue weighted by Crippen LogP contribution is 2.44. The molecule has 1 fully saturated rings. The van der Waals surface area contributed by atoms with Gasteiger partial charge in [-0.05, 0) is 49.1 Å². The van der Waals surface area contributed by atoms with Crippen molar-refractivity contribution in [1.82, 2.24) is 5.43 Å². The van der Waals surface area contributed by atoms with Crippen LogP contribution in [0.2, 0.25) is 0 Å². The zero-order chi connectivity index (χ0) is 19.7. The molecule has 0 radical (unpaired) electrons. The van der Waals surface area contributed by atoms with Crippen LogP contribution in [0.5, 0.6) is 0 Å². The zero-order valence-electron chi connectivity index (χ0n) is 15.4. The first-order valence-corrected chi connectivity index (χ1v) is 11.8. The Hall–Kier alpha value is -2.32. The van der Waals surface area contributed by atoms with Gasteiger partial charge in [-0.15, -0.1) is 0 Å². The minimum Gasteiger partial charge on any atom is -0.354 e. The van der Waals surface area contributed by atoms with Gasteiger partial charge < -0.3 is 5.32 Å². The summed E-state index contributed by atoms with van der Waals surface area (Å²) in [4.78, 5) is 14.4. The van der Waals surface area contributed by atoms with Crippen molar-refractivity contribution in [2.75, 3.05) is 16.8 Å². The van der Waals surface area contributed by atoms with Crippen molar-refractivity contribution in [2.45, 2.75) is 29.6 Å². The Morgan fingerprint density at radius 2 is 2.00 bits per heavy atom. The van der Waals surface area contributed by atoms with E-state index in [1.165, 1.54) is 4.90 Å². The van der Waals surface area contributed by atoms with Crippen LogP contribution in [0.1, 0.15) is 25.3 Å². The molecule has 2 aliphatic heterocycles. The maximum absolute atomic E-state index is 12.1. The monoisotopic (exact) mass is 415 g/mol. The van der Waals surface area contributed by atoms with E-state index in [9.17, 15) is 13.2 Å². The summed E-state index contributed by atoms with van der Waals surface area (Å²) in [5, 5.41) is 7.64. The highest BCUT2D eigenvalue weighted by atomic mass is 32.2. The summed E-state index contributed by atoms with van der Waals surface area (Å²) < 4.78 is 23.0. The fourth-order valence-electron chi connectivity index (χ4n) is 3.42. The molecule has 1 amide bonds. The normalized spacial score (nSPS) is 20.0. The quantitative estimate of drug-likeness (QED) is 0.503. The smallest absolute Gasteiger partial charge is 0.240 e. The summed E-state index contributed by atoms with van der Waals surface area (Å²) >= 11 is 1.72. The second-order valence-corrected chi connectivity index (χ2v) is 10.5. The average Bonchev–Trinajstić information content (AvgIpc) is 3.02. The van der Waals surface area contributed by atoms with E-state index < -0.39 is 9.84 Å². The molecule has 4 rings (SSSR count). The van der Waals surface area contributed by atoms with E-state index in [1.807, 2.05) is 43.3 Å². The maximum Gasteiger partial charge on any atom is 0.240 e. The second-order valence-electron chi connectivity index (χ2n) is 7.14. The number of nitrogens with zero attached hydrogens (tertiary/aromatic N) is 1. The molecule has 2 aromatic carbocycles. The third-order valence-corrected chi connectivity index (χ3v) is 7.91. The molecule has 2 aliphatic rings. The Balaban J connectivity index is 1.41. The van der Waals surface area contributed by atoms with Crippen LogP contribution in [0.25, 0.3) is 0 Å². The first-order chi connectivity index (χ1) is 13.4. The van der Waals surface area contributed by atoms with Crippen molar-refractivity contribution in [3.8, 4) is 0 Å². The third-order valence-electron chi connectivity index (χ3n) is 4.92.